The Morgan fingerprint density at radius 3 is 3.11 bits per heavy atom. The van der Waals surface area contributed by atoms with Gasteiger partial charge in [0.25, 0.3) is 0 Å². The number of imidazole rings is 1. The zero-order valence-electron chi connectivity index (χ0n) is 11.0. The van der Waals surface area contributed by atoms with Crippen LogP contribution in [0, 0.1) is 12.3 Å². The van der Waals surface area contributed by atoms with Gasteiger partial charge in [0.05, 0.1) is 31.6 Å². The van der Waals surface area contributed by atoms with Crippen molar-refractivity contribution in [3.63, 3.8) is 0 Å². The topological polar surface area (TPSA) is 64.3 Å². The maximum absolute atomic E-state index is 11.2. The Balaban J connectivity index is 2.43. The van der Waals surface area contributed by atoms with E-state index in [2.05, 4.69) is 10.9 Å². The second-order valence-corrected chi connectivity index (χ2v) is 4.80. The number of thioether (sulfide) groups is 1. The van der Waals surface area contributed by atoms with Gasteiger partial charge in [0, 0.05) is 12.2 Å². The quantitative estimate of drug-likeness (QED) is 0.338. The molecule has 1 aromatic rings. The molecule has 1 aromatic heterocycles. The minimum Gasteiger partial charge on any atom is -0.466 e. The third-order valence-corrected chi connectivity index (χ3v) is 3.45. The van der Waals surface area contributed by atoms with Crippen LogP contribution in [-0.2, 0) is 22.7 Å². The summed E-state index contributed by atoms with van der Waals surface area (Å²) in [5.74, 6) is 3.12. The number of carbonyl (C=O) groups is 1. The van der Waals surface area contributed by atoms with Gasteiger partial charge in [-0.15, -0.1) is 6.42 Å². The monoisotopic (exact) mass is 282 g/mol. The summed E-state index contributed by atoms with van der Waals surface area (Å²) >= 11 is 1.52. The van der Waals surface area contributed by atoms with Gasteiger partial charge in [0.1, 0.15) is 0 Å². The highest BCUT2D eigenvalue weighted by Gasteiger charge is 2.09. The maximum atomic E-state index is 11.2. The van der Waals surface area contributed by atoms with Gasteiger partial charge in [0.2, 0.25) is 0 Å². The molecule has 0 unspecified atom stereocenters. The molecule has 0 aromatic carbocycles. The fourth-order valence-corrected chi connectivity index (χ4v) is 2.44. The van der Waals surface area contributed by atoms with Crippen LogP contribution < -0.4 is 0 Å². The number of hydrogen-bond donors (Lipinski definition) is 1. The van der Waals surface area contributed by atoms with Gasteiger partial charge in [-0.05, 0) is 13.3 Å². The Bertz CT molecular complexity index is 451. The molecular formula is C13H18N2O3S. The molecule has 0 fully saturated rings. The van der Waals surface area contributed by atoms with E-state index < -0.39 is 0 Å². The van der Waals surface area contributed by atoms with Crippen molar-refractivity contribution in [2.24, 2.45) is 0 Å². The third-order valence-electron chi connectivity index (χ3n) is 2.37. The first-order valence-corrected chi connectivity index (χ1v) is 7.08. The largest absolute Gasteiger partial charge is 0.466 e. The fraction of sp³-hybridized carbons (Fsp3) is 0.538. The van der Waals surface area contributed by atoms with Crippen LogP contribution in [0.15, 0.2) is 11.4 Å². The maximum Gasteiger partial charge on any atom is 0.305 e. The lowest BCUT2D eigenvalue weighted by atomic mass is 10.3. The molecule has 0 aliphatic heterocycles. The van der Waals surface area contributed by atoms with Crippen molar-refractivity contribution >= 4 is 17.7 Å². The average Bonchev–Trinajstić information content (AvgIpc) is 2.78. The normalized spacial score (nSPS) is 10.2. The Hall–Kier alpha value is -1.45. The summed E-state index contributed by atoms with van der Waals surface area (Å²) in [6.07, 6.45) is 8.03. The molecule has 104 valence electrons. The molecule has 6 heteroatoms. The smallest absolute Gasteiger partial charge is 0.305 e. The molecular weight excluding hydrogens is 264 g/mol. The summed E-state index contributed by atoms with van der Waals surface area (Å²) in [7, 11) is 0. The molecule has 1 N–H and O–H groups in total. The molecule has 0 amide bonds. The summed E-state index contributed by atoms with van der Waals surface area (Å²) in [6, 6.07) is 0. The molecule has 0 saturated carbocycles. The van der Waals surface area contributed by atoms with Crippen LogP contribution in [0.4, 0.5) is 0 Å². The van der Waals surface area contributed by atoms with Crippen LogP contribution in [0.5, 0.6) is 0 Å². The van der Waals surface area contributed by atoms with Gasteiger partial charge in [-0.3, -0.25) is 4.79 Å². The summed E-state index contributed by atoms with van der Waals surface area (Å²) < 4.78 is 6.65. The van der Waals surface area contributed by atoms with Crippen LogP contribution in [0.3, 0.4) is 0 Å². The Morgan fingerprint density at radius 2 is 2.47 bits per heavy atom. The van der Waals surface area contributed by atoms with Gasteiger partial charge in [0.15, 0.2) is 5.16 Å². The molecule has 0 bridgehead atoms. The number of aromatic nitrogens is 2. The number of aliphatic hydroxyl groups excluding tert-OH is 1. The number of nitrogens with zero attached hydrogens (tertiary/aromatic N) is 2. The first-order chi connectivity index (χ1) is 9.22. The van der Waals surface area contributed by atoms with Crippen LogP contribution >= 0.6 is 11.8 Å². The number of terminal acetylenes is 1. The predicted molar refractivity (Wildman–Crippen MR) is 73.6 cm³/mol. The first kappa shape index (κ1) is 15.6. The number of carbonyl (C=O) groups excluding carboxylic acids is 1. The van der Waals surface area contributed by atoms with Crippen molar-refractivity contribution in [2.75, 3.05) is 12.4 Å². The van der Waals surface area contributed by atoms with Crippen LogP contribution in [0.1, 0.15) is 25.5 Å². The summed E-state index contributed by atoms with van der Waals surface area (Å²) in [5.41, 5.74) is 0.700. The van der Waals surface area contributed by atoms with Gasteiger partial charge in [-0.25, -0.2) is 4.98 Å². The lowest BCUT2D eigenvalue weighted by molar-refractivity contribution is -0.143. The van der Waals surface area contributed by atoms with Crippen LogP contribution in [-0.4, -0.2) is 33.0 Å². The van der Waals surface area contributed by atoms with Crippen molar-refractivity contribution in [1.29, 1.82) is 0 Å². The van der Waals surface area contributed by atoms with E-state index in [1.807, 2.05) is 0 Å². The minimum atomic E-state index is -0.175. The number of hydrogen-bond acceptors (Lipinski definition) is 5. The lowest BCUT2D eigenvalue weighted by Crippen LogP contribution is -2.05. The second-order valence-electron chi connectivity index (χ2n) is 3.74. The van der Waals surface area contributed by atoms with E-state index >= 15 is 0 Å². The molecule has 1 rings (SSSR count). The zero-order valence-corrected chi connectivity index (χ0v) is 11.8. The standard InChI is InChI=1S/C13H18N2O3S/c1-3-7-15-11(10-16)9-14-13(15)19-8-5-6-12(17)18-4-2/h1,9,16H,4-8,10H2,2H3. The molecule has 0 aliphatic carbocycles. The van der Waals surface area contributed by atoms with Gasteiger partial charge in [-0.1, -0.05) is 17.7 Å². The second kappa shape index (κ2) is 8.62. The molecule has 5 nitrogen and oxygen atoms in total. The Morgan fingerprint density at radius 1 is 1.68 bits per heavy atom. The molecule has 0 saturated heterocycles. The summed E-state index contributed by atoms with van der Waals surface area (Å²) in [6.45, 7) is 2.51. The molecule has 19 heavy (non-hydrogen) atoms. The van der Waals surface area contributed by atoms with Crippen LogP contribution in [0.25, 0.3) is 0 Å². The predicted octanol–water partition coefficient (Wildman–Crippen LogP) is 1.44. The number of ether oxygens (including phenoxy) is 1. The highest BCUT2D eigenvalue weighted by Crippen LogP contribution is 2.20. The van der Waals surface area contributed by atoms with E-state index in [-0.39, 0.29) is 12.6 Å². The third kappa shape index (κ3) is 4.97. The van der Waals surface area contributed by atoms with E-state index in [1.54, 1.807) is 17.7 Å². The molecule has 0 aliphatic rings. The van der Waals surface area contributed by atoms with Crippen molar-refractivity contribution in [1.82, 2.24) is 9.55 Å². The van der Waals surface area contributed by atoms with Gasteiger partial charge < -0.3 is 14.4 Å². The zero-order chi connectivity index (χ0) is 14.1. The molecule has 0 radical (unpaired) electrons. The SMILES string of the molecule is C#CCn1c(CO)cnc1SCCCC(=O)OCC. The van der Waals surface area contributed by atoms with E-state index in [0.29, 0.717) is 25.3 Å². The van der Waals surface area contributed by atoms with Crippen molar-refractivity contribution in [2.45, 2.75) is 38.1 Å². The summed E-state index contributed by atoms with van der Waals surface area (Å²) in [5, 5.41) is 9.93. The minimum absolute atomic E-state index is 0.0853. The first-order valence-electron chi connectivity index (χ1n) is 6.10. The van der Waals surface area contributed by atoms with E-state index in [1.165, 1.54) is 11.8 Å². The lowest BCUT2D eigenvalue weighted by Gasteiger charge is -2.06. The van der Waals surface area contributed by atoms with Crippen LogP contribution in [0.2, 0.25) is 0 Å². The van der Waals surface area contributed by atoms with Crippen molar-refractivity contribution in [3.8, 4) is 12.3 Å². The van der Waals surface area contributed by atoms with E-state index in [0.717, 1.165) is 17.3 Å². The van der Waals surface area contributed by atoms with E-state index in [4.69, 9.17) is 16.3 Å². The number of aliphatic hydroxyl groups is 1. The number of rotatable bonds is 8. The Kier molecular flexibility index (Phi) is 7.08. The van der Waals surface area contributed by atoms with Crippen molar-refractivity contribution in [3.05, 3.63) is 11.9 Å². The van der Waals surface area contributed by atoms with Crippen molar-refractivity contribution < 1.29 is 14.6 Å². The molecule has 1 heterocycles. The fourth-order valence-electron chi connectivity index (χ4n) is 1.51. The van der Waals surface area contributed by atoms with E-state index in [9.17, 15) is 4.79 Å². The highest BCUT2D eigenvalue weighted by atomic mass is 32.2. The average molecular weight is 282 g/mol. The Labute approximate surface area is 117 Å². The number of esters is 1. The van der Waals surface area contributed by atoms with Gasteiger partial charge in [-0.2, -0.15) is 0 Å². The van der Waals surface area contributed by atoms with Gasteiger partial charge >= 0.3 is 5.97 Å². The summed E-state index contributed by atoms with van der Waals surface area (Å²) in [4.78, 5) is 15.4. The molecule has 0 spiro atoms. The molecule has 0 atom stereocenters. The highest BCUT2D eigenvalue weighted by molar-refractivity contribution is 7.99.